The van der Waals surface area contributed by atoms with Crippen molar-refractivity contribution in [3.05, 3.63) is 83.9 Å². The molecule has 5 heteroatoms. The molecule has 2 aliphatic heterocycles. The Morgan fingerprint density at radius 1 is 1.30 bits per heavy atom. The first-order valence-electron chi connectivity index (χ1n) is 9.41. The number of Topliss-reactive ketones (excluding diaryl/α,β-unsaturated/α-hetero) is 1. The van der Waals surface area contributed by atoms with E-state index in [1.54, 1.807) is 6.20 Å². The highest BCUT2D eigenvalue weighted by atomic mass is 16.1. The van der Waals surface area contributed by atoms with Crippen LogP contribution in [0.25, 0.3) is 0 Å². The Bertz CT molecular complexity index is 829. The number of carbonyl (C=O) groups excluding carboxylic acids is 1. The molecule has 0 aromatic carbocycles. The van der Waals surface area contributed by atoms with Gasteiger partial charge in [-0.05, 0) is 55.9 Å². The van der Waals surface area contributed by atoms with Gasteiger partial charge in [0.15, 0.2) is 5.78 Å². The van der Waals surface area contributed by atoms with Crippen molar-refractivity contribution in [3.8, 4) is 0 Å². The second kappa shape index (κ2) is 7.53. The van der Waals surface area contributed by atoms with Crippen LogP contribution in [-0.2, 0) is 4.79 Å². The Balaban J connectivity index is 1.63. The molecular weight excluding hydrogens is 336 g/mol. The average molecular weight is 361 g/mol. The van der Waals surface area contributed by atoms with Crippen molar-refractivity contribution < 1.29 is 4.79 Å². The van der Waals surface area contributed by atoms with Crippen LogP contribution < -0.4 is 5.43 Å². The molecule has 2 atom stereocenters. The molecule has 27 heavy (non-hydrogen) atoms. The molecule has 2 unspecified atom stereocenters. The van der Waals surface area contributed by atoms with Crippen molar-refractivity contribution in [3.63, 3.8) is 0 Å². The zero-order valence-corrected chi connectivity index (χ0v) is 15.8. The number of ketones is 1. The average Bonchev–Trinajstić information content (AvgIpc) is 3.20. The lowest BCUT2D eigenvalue weighted by Crippen LogP contribution is -2.49. The van der Waals surface area contributed by atoms with Gasteiger partial charge in [-0.2, -0.15) is 0 Å². The molecule has 1 N–H and O–H groups in total. The molecule has 1 aromatic heterocycles. The number of rotatable bonds is 4. The van der Waals surface area contributed by atoms with E-state index >= 15 is 0 Å². The van der Waals surface area contributed by atoms with Gasteiger partial charge in [0.2, 0.25) is 0 Å². The van der Waals surface area contributed by atoms with Gasteiger partial charge in [0.1, 0.15) is 0 Å². The summed E-state index contributed by atoms with van der Waals surface area (Å²) in [5.41, 5.74) is 7.90. The van der Waals surface area contributed by atoms with Crippen molar-refractivity contribution in [2.45, 2.75) is 26.2 Å². The zero-order valence-electron chi connectivity index (χ0n) is 15.8. The first-order chi connectivity index (χ1) is 13.1. The normalized spacial score (nSPS) is 25.8. The van der Waals surface area contributed by atoms with Gasteiger partial charge in [-0.1, -0.05) is 29.4 Å². The van der Waals surface area contributed by atoms with Crippen LogP contribution in [0.1, 0.15) is 31.7 Å². The number of hydrogen-bond donors (Lipinski definition) is 1. The minimum absolute atomic E-state index is 0.206. The summed E-state index contributed by atoms with van der Waals surface area (Å²) in [6.45, 7) is 5.40. The quantitative estimate of drug-likeness (QED) is 0.892. The molecule has 1 aliphatic carbocycles. The topological polar surface area (TPSA) is 48.5 Å². The van der Waals surface area contributed by atoms with Gasteiger partial charge in [-0.15, -0.1) is 5.12 Å². The molecule has 139 valence electrons. The number of hydrogen-bond acceptors (Lipinski definition) is 5. The number of nitrogens with zero attached hydrogens (tertiary/aromatic N) is 3. The smallest absolute Gasteiger partial charge is 0.165 e. The van der Waals surface area contributed by atoms with Crippen molar-refractivity contribution in [1.29, 1.82) is 0 Å². The molecule has 0 bridgehead atoms. The van der Waals surface area contributed by atoms with E-state index in [4.69, 9.17) is 0 Å². The summed E-state index contributed by atoms with van der Waals surface area (Å²) in [4.78, 5) is 17.3. The third-order valence-corrected chi connectivity index (χ3v) is 5.42. The van der Waals surface area contributed by atoms with E-state index in [0.29, 0.717) is 12.5 Å². The predicted molar refractivity (Wildman–Crippen MR) is 106 cm³/mol. The molecule has 1 aromatic rings. The second-order valence-corrected chi connectivity index (χ2v) is 7.36. The summed E-state index contributed by atoms with van der Waals surface area (Å²) in [6, 6.07) is 3.91. The van der Waals surface area contributed by atoms with Crippen LogP contribution in [0.2, 0.25) is 0 Å². The van der Waals surface area contributed by atoms with Gasteiger partial charge in [0.25, 0.3) is 0 Å². The standard InChI is InChI=1S/C22H25N4O/c1-16-6-7-18(11-17(16)2)12-20-14-25(26-10-4-9-24-26)15-21(27)22(20)19-5-3-8-23-13-19/h3-9,11,13-14,18,22,24H,10,12,15H2,1-2H3. The molecule has 3 heterocycles. The van der Waals surface area contributed by atoms with Gasteiger partial charge < -0.3 is 5.43 Å². The molecule has 1 radical (unpaired) electrons. The highest BCUT2D eigenvalue weighted by molar-refractivity contribution is 5.91. The van der Waals surface area contributed by atoms with Crippen molar-refractivity contribution in [2.24, 2.45) is 5.92 Å². The molecule has 3 aliphatic rings. The third-order valence-electron chi connectivity index (χ3n) is 5.42. The fraction of sp³-hybridized carbons (Fsp3) is 0.318. The molecule has 0 amide bonds. The number of carbonyl (C=O) groups is 1. The SMILES string of the molecule is CC1=C(C)C=CC(CC2=CN(N3CC=CN3)CC(=O)C2c2cccnc2)[CH]1. The summed E-state index contributed by atoms with van der Waals surface area (Å²) in [6.07, 6.45) is 17.2. The molecule has 0 fully saturated rings. The first-order valence-corrected chi connectivity index (χ1v) is 9.41. The first kappa shape index (κ1) is 17.7. The molecule has 0 saturated heterocycles. The van der Waals surface area contributed by atoms with Crippen molar-refractivity contribution >= 4 is 5.78 Å². The van der Waals surface area contributed by atoms with Crippen LogP contribution in [0, 0.1) is 12.3 Å². The maximum atomic E-state index is 13.1. The highest BCUT2D eigenvalue weighted by Crippen LogP contribution is 2.36. The second-order valence-electron chi connectivity index (χ2n) is 7.36. The maximum absolute atomic E-state index is 13.1. The van der Waals surface area contributed by atoms with E-state index in [1.165, 1.54) is 11.1 Å². The van der Waals surface area contributed by atoms with Crippen LogP contribution >= 0.6 is 0 Å². The Morgan fingerprint density at radius 2 is 2.19 bits per heavy atom. The number of hydrazine groups is 2. The monoisotopic (exact) mass is 361 g/mol. The fourth-order valence-electron chi connectivity index (χ4n) is 3.87. The van der Waals surface area contributed by atoms with Gasteiger partial charge in [0.05, 0.1) is 19.0 Å². The van der Waals surface area contributed by atoms with E-state index in [2.05, 4.69) is 49.0 Å². The number of aromatic nitrogens is 1. The summed E-state index contributed by atoms with van der Waals surface area (Å²) < 4.78 is 0. The lowest BCUT2D eigenvalue weighted by atomic mass is 9.79. The molecule has 0 saturated carbocycles. The van der Waals surface area contributed by atoms with Crippen LogP contribution in [0.3, 0.4) is 0 Å². The van der Waals surface area contributed by atoms with E-state index in [0.717, 1.165) is 24.1 Å². The number of nitrogens with one attached hydrogen (secondary N) is 1. The highest BCUT2D eigenvalue weighted by Gasteiger charge is 2.34. The number of allylic oxidation sites excluding steroid dienone is 5. The summed E-state index contributed by atoms with van der Waals surface area (Å²) in [5, 5.41) is 3.96. The summed E-state index contributed by atoms with van der Waals surface area (Å²) in [7, 11) is 0. The Labute approximate surface area is 160 Å². The third kappa shape index (κ3) is 3.74. The van der Waals surface area contributed by atoms with Crippen LogP contribution in [0.4, 0.5) is 0 Å². The Hall–Kier alpha value is -2.66. The largest absolute Gasteiger partial charge is 0.309 e. The fourth-order valence-corrected chi connectivity index (χ4v) is 3.87. The summed E-state index contributed by atoms with van der Waals surface area (Å²) >= 11 is 0. The minimum atomic E-state index is -0.223. The minimum Gasteiger partial charge on any atom is -0.309 e. The van der Waals surface area contributed by atoms with E-state index < -0.39 is 0 Å². The molecule has 4 rings (SSSR count). The lowest BCUT2D eigenvalue weighted by Gasteiger charge is -2.37. The van der Waals surface area contributed by atoms with Crippen LogP contribution in [0.15, 0.2) is 71.9 Å². The van der Waals surface area contributed by atoms with E-state index in [-0.39, 0.29) is 11.7 Å². The maximum Gasteiger partial charge on any atom is 0.165 e. The van der Waals surface area contributed by atoms with E-state index in [1.807, 2.05) is 40.7 Å². The summed E-state index contributed by atoms with van der Waals surface area (Å²) in [5.74, 6) is 0.286. The van der Waals surface area contributed by atoms with Gasteiger partial charge in [-0.25, -0.2) is 0 Å². The van der Waals surface area contributed by atoms with Crippen LogP contribution in [-0.4, -0.2) is 34.0 Å². The lowest BCUT2D eigenvalue weighted by molar-refractivity contribution is -0.126. The predicted octanol–water partition coefficient (Wildman–Crippen LogP) is 3.30. The van der Waals surface area contributed by atoms with Crippen molar-refractivity contribution in [2.75, 3.05) is 13.1 Å². The zero-order chi connectivity index (χ0) is 18.8. The Kier molecular flexibility index (Phi) is 4.94. The molecule has 0 spiro atoms. The van der Waals surface area contributed by atoms with Gasteiger partial charge in [-0.3, -0.25) is 14.8 Å². The molecule has 5 nitrogen and oxygen atoms in total. The number of pyridine rings is 1. The van der Waals surface area contributed by atoms with E-state index in [9.17, 15) is 4.79 Å². The van der Waals surface area contributed by atoms with Gasteiger partial charge in [0, 0.05) is 24.8 Å². The van der Waals surface area contributed by atoms with Gasteiger partial charge >= 0.3 is 0 Å². The Morgan fingerprint density at radius 3 is 2.89 bits per heavy atom. The van der Waals surface area contributed by atoms with Crippen LogP contribution in [0.5, 0.6) is 0 Å². The van der Waals surface area contributed by atoms with Crippen molar-refractivity contribution in [1.82, 2.24) is 20.5 Å². The molecular formula is C22H25N4O.